The third kappa shape index (κ3) is 1.83. The fourth-order valence-corrected chi connectivity index (χ4v) is 3.89. The van der Waals surface area contributed by atoms with Crippen LogP contribution in [0.3, 0.4) is 0 Å². The molecule has 2 atom stereocenters. The maximum atomic E-state index is 5.65. The standard InChI is InChI=1S/C12H17NOS/c1-2-10(8-15-7-1)11-12-9(3-5-13-11)4-6-14-12/h4,6,10-11,13H,1-3,5,7-8H2. The monoisotopic (exact) mass is 223 g/mol. The topological polar surface area (TPSA) is 25.2 Å². The molecule has 0 bridgehead atoms. The van der Waals surface area contributed by atoms with Crippen molar-refractivity contribution in [3.63, 3.8) is 0 Å². The van der Waals surface area contributed by atoms with Crippen LogP contribution in [0.1, 0.15) is 30.2 Å². The summed E-state index contributed by atoms with van der Waals surface area (Å²) in [6, 6.07) is 2.62. The van der Waals surface area contributed by atoms with Crippen LogP contribution in [0.5, 0.6) is 0 Å². The van der Waals surface area contributed by atoms with Crippen molar-refractivity contribution in [2.24, 2.45) is 5.92 Å². The van der Waals surface area contributed by atoms with Gasteiger partial charge >= 0.3 is 0 Å². The summed E-state index contributed by atoms with van der Waals surface area (Å²) < 4.78 is 5.65. The molecule has 0 spiro atoms. The van der Waals surface area contributed by atoms with Crippen LogP contribution in [0.2, 0.25) is 0 Å². The van der Waals surface area contributed by atoms with E-state index in [0.29, 0.717) is 6.04 Å². The van der Waals surface area contributed by atoms with E-state index in [9.17, 15) is 0 Å². The molecule has 3 heterocycles. The molecule has 0 radical (unpaired) electrons. The van der Waals surface area contributed by atoms with Crippen LogP contribution in [-0.4, -0.2) is 18.1 Å². The number of hydrogen-bond donors (Lipinski definition) is 1. The number of fused-ring (bicyclic) bond motifs is 1. The Morgan fingerprint density at radius 3 is 3.33 bits per heavy atom. The van der Waals surface area contributed by atoms with E-state index in [4.69, 9.17) is 4.42 Å². The van der Waals surface area contributed by atoms with Crippen molar-refractivity contribution >= 4 is 11.8 Å². The first-order valence-corrected chi connectivity index (χ1v) is 6.98. The molecule has 2 aliphatic heterocycles. The van der Waals surface area contributed by atoms with E-state index in [1.54, 1.807) is 0 Å². The van der Waals surface area contributed by atoms with Gasteiger partial charge in [-0.3, -0.25) is 0 Å². The third-order valence-corrected chi connectivity index (χ3v) is 4.73. The van der Waals surface area contributed by atoms with Gasteiger partial charge in [0.05, 0.1) is 12.3 Å². The van der Waals surface area contributed by atoms with Gasteiger partial charge in [-0.1, -0.05) is 0 Å². The van der Waals surface area contributed by atoms with Crippen molar-refractivity contribution < 1.29 is 4.42 Å². The summed E-state index contributed by atoms with van der Waals surface area (Å²) in [7, 11) is 0. The number of furan rings is 1. The van der Waals surface area contributed by atoms with Crippen LogP contribution in [0.4, 0.5) is 0 Å². The highest BCUT2D eigenvalue weighted by Crippen LogP contribution is 2.36. The fourth-order valence-electron chi connectivity index (χ4n) is 2.69. The van der Waals surface area contributed by atoms with E-state index in [2.05, 4.69) is 23.1 Å². The van der Waals surface area contributed by atoms with Crippen molar-refractivity contribution in [1.29, 1.82) is 0 Å². The second-order valence-electron chi connectivity index (χ2n) is 4.47. The quantitative estimate of drug-likeness (QED) is 0.792. The van der Waals surface area contributed by atoms with E-state index < -0.39 is 0 Å². The summed E-state index contributed by atoms with van der Waals surface area (Å²) in [6.07, 6.45) is 5.69. The van der Waals surface area contributed by atoms with E-state index in [-0.39, 0.29) is 0 Å². The largest absolute Gasteiger partial charge is 0.467 e. The summed E-state index contributed by atoms with van der Waals surface area (Å²) >= 11 is 2.09. The normalized spacial score (nSPS) is 31.2. The second-order valence-corrected chi connectivity index (χ2v) is 5.62. The van der Waals surface area contributed by atoms with Gasteiger partial charge in [-0.15, -0.1) is 0 Å². The molecule has 2 unspecified atom stereocenters. The smallest absolute Gasteiger partial charge is 0.124 e. The first-order chi connectivity index (χ1) is 7.45. The van der Waals surface area contributed by atoms with E-state index >= 15 is 0 Å². The molecule has 2 aliphatic rings. The minimum Gasteiger partial charge on any atom is -0.467 e. The molecule has 15 heavy (non-hydrogen) atoms. The Morgan fingerprint density at radius 2 is 2.47 bits per heavy atom. The zero-order valence-corrected chi connectivity index (χ0v) is 9.69. The lowest BCUT2D eigenvalue weighted by Crippen LogP contribution is -2.36. The molecule has 0 aromatic carbocycles. The molecule has 82 valence electrons. The number of hydrogen-bond acceptors (Lipinski definition) is 3. The van der Waals surface area contributed by atoms with E-state index in [1.165, 1.54) is 35.7 Å². The van der Waals surface area contributed by atoms with Gasteiger partial charge in [-0.2, -0.15) is 11.8 Å². The van der Waals surface area contributed by atoms with Gasteiger partial charge in [0, 0.05) is 0 Å². The maximum Gasteiger partial charge on any atom is 0.124 e. The SMILES string of the molecule is c1cc2c(o1)C(C1CCCSC1)NCC2. The molecule has 1 N–H and O–H groups in total. The fraction of sp³-hybridized carbons (Fsp3) is 0.667. The first-order valence-electron chi connectivity index (χ1n) is 5.82. The summed E-state index contributed by atoms with van der Waals surface area (Å²) in [6.45, 7) is 1.11. The third-order valence-electron chi connectivity index (χ3n) is 3.49. The zero-order valence-electron chi connectivity index (χ0n) is 8.87. The predicted octanol–water partition coefficient (Wildman–Crippen LogP) is 2.61. The molecular weight excluding hydrogens is 206 g/mol. The minimum absolute atomic E-state index is 0.483. The van der Waals surface area contributed by atoms with Crippen LogP contribution in [-0.2, 0) is 6.42 Å². The van der Waals surface area contributed by atoms with Gasteiger partial charge in [0.15, 0.2) is 0 Å². The Balaban J connectivity index is 1.82. The molecule has 0 saturated carbocycles. The Morgan fingerprint density at radius 1 is 1.47 bits per heavy atom. The van der Waals surface area contributed by atoms with Crippen molar-refractivity contribution in [1.82, 2.24) is 5.32 Å². The van der Waals surface area contributed by atoms with Crippen LogP contribution in [0.25, 0.3) is 0 Å². The first kappa shape index (κ1) is 9.79. The van der Waals surface area contributed by atoms with Gasteiger partial charge in [-0.25, -0.2) is 0 Å². The summed E-state index contributed by atoms with van der Waals surface area (Å²) in [5.74, 6) is 4.62. The lowest BCUT2D eigenvalue weighted by molar-refractivity contribution is 0.297. The molecule has 1 saturated heterocycles. The van der Waals surface area contributed by atoms with Gasteiger partial charge in [0.2, 0.25) is 0 Å². The lowest BCUT2D eigenvalue weighted by Gasteiger charge is -2.32. The maximum absolute atomic E-state index is 5.65. The Hall–Kier alpha value is -0.410. The van der Waals surface area contributed by atoms with Gasteiger partial charge < -0.3 is 9.73 Å². The van der Waals surface area contributed by atoms with Crippen LogP contribution in [0, 0.1) is 5.92 Å². The number of nitrogens with one attached hydrogen (secondary N) is 1. The van der Waals surface area contributed by atoms with Gasteiger partial charge in [0.1, 0.15) is 5.76 Å². The molecule has 1 aromatic rings. The van der Waals surface area contributed by atoms with Crippen LogP contribution in [0.15, 0.2) is 16.7 Å². The van der Waals surface area contributed by atoms with Crippen LogP contribution < -0.4 is 5.32 Å². The van der Waals surface area contributed by atoms with E-state index in [1.807, 2.05) is 6.26 Å². The van der Waals surface area contributed by atoms with Crippen LogP contribution >= 0.6 is 11.8 Å². The number of thioether (sulfide) groups is 1. The highest BCUT2D eigenvalue weighted by Gasteiger charge is 2.31. The molecule has 3 heteroatoms. The molecule has 2 nitrogen and oxygen atoms in total. The average molecular weight is 223 g/mol. The van der Waals surface area contributed by atoms with Crippen molar-refractivity contribution in [3.8, 4) is 0 Å². The average Bonchev–Trinajstić information content (AvgIpc) is 2.78. The Bertz CT molecular complexity index is 330. The molecule has 3 rings (SSSR count). The number of rotatable bonds is 1. The lowest BCUT2D eigenvalue weighted by atomic mass is 9.90. The summed E-state index contributed by atoms with van der Waals surface area (Å²) in [4.78, 5) is 0. The second kappa shape index (κ2) is 4.22. The summed E-state index contributed by atoms with van der Waals surface area (Å²) in [5, 5.41) is 3.62. The Kier molecular flexibility index (Phi) is 2.76. The molecule has 0 aliphatic carbocycles. The van der Waals surface area contributed by atoms with E-state index in [0.717, 1.165) is 18.9 Å². The predicted molar refractivity (Wildman–Crippen MR) is 63.2 cm³/mol. The molecule has 1 aromatic heterocycles. The van der Waals surface area contributed by atoms with Gasteiger partial charge in [-0.05, 0) is 54.9 Å². The molecule has 1 fully saturated rings. The molecule has 0 amide bonds. The van der Waals surface area contributed by atoms with Crippen molar-refractivity contribution in [3.05, 3.63) is 23.7 Å². The summed E-state index contributed by atoms with van der Waals surface area (Å²) in [5.41, 5.74) is 1.43. The zero-order chi connectivity index (χ0) is 10.1. The van der Waals surface area contributed by atoms with Gasteiger partial charge in [0.25, 0.3) is 0 Å². The van der Waals surface area contributed by atoms with Crippen molar-refractivity contribution in [2.75, 3.05) is 18.1 Å². The highest BCUT2D eigenvalue weighted by molar-refractivity contribution is 7.99. The Labute approximate surface area is 94.8 Å². The van der Waals surface area contributed by atoms with Crippen molar-refractivity contribution in [2.45, 2.75) is 25.3 Å². The highest BCUT2D eigenvalue weighted by atomic mass is 32.2. The molecular formula is C12H17NOS. The minimum atomic E-state index is 0.483.